The molecule has 5 aromatic rings. The molecule has 0 bridgehead atoms. The van der Waals surface area contributed by atoms with Gasteiger partial charge in [0, 0.05) is 18.8 Å². The second-order valence-electron chi connectivity index (χ2n) is 8.94. The van der Waals surface area contributed by atoms with E-state index in [9.17, 15) is 14.9 Å². The first-order chi connectivity index (χ1) is 18.3. The van der Waals surface area contributed by atoms with Crippen LogP contribution in [0.1, 0.15) is 29.9 Å². The van der Waals surface area contributed by atoms with E-state index in [1.54, 1.807) is 36.9 Å². The summed E-state index contributed by atoms with van der Waals surface area (Å²) in [6.07, 6.45) is 3.06. The van der Waals surface area contributed by atoms with E-state index in [1.807, 2.05) is 55.5 Å². The fraction of sp³-hybridized carbons (Fsp3) is 0.143. The molecule has 3 N–H and O–H groups in total. The molecule has 0 fully saturated rings. The highest BCUT2D eigenvalue weighted by Crippen LogP contribution is 2.28. The van der Waals surface area contributed by atoms with E-state index in [2.05, 4.69) is 15.3 Å². The molecule has 10 heteroatoms. The molecule has 0 radical (unpaired) electrons. The van der Waals surface area contributed by atoms with Gasteiger partial charge in [0.2, 0.25) is 5.95 Å². The Balaban J connectivity index is 1.77. The Hall–Kier alpha value is -5.30. The molecule has 0 aliphatic heterocycles. The van der Waals surface area contributed by atoms with Crippen LogP contribution < -0.4 is 22.2 Å². The Labute approximate surface area is 217 Å². The summed E-state index contributed by atoms with van der Waals surface area (Å²) in [6.45, 7) is 3.57. The third-order valence-electron chi connectivity index (χ3n) is 6.28. The lowest BCUT2D eigenvalue weighted by Crippen LogP contribution is -2.28. The average molecular weight is 505 g/mol. The van der Waals surface area contributed by atoms with Crippen molar-refractivity contribution in [1.82, 2.24) is 24.1 Å². The van der Waals surface area contributed by atoms with Crippen molar-refractivity contribution in [3.8, 4) is 22.9 Å². The van der Waals surface area contributed by atoms with Crippen molar-refractivity contribution in [1.29, 1.82) is 5.26 Å². The Morgan fingerprint density at radius 2 is 1.82 bits per heavy atom. The predicted molar refractivity (Wildman–Crippen MR) is 146 cm³/mol. The third kappa shape index (κ3) is 4.26. The first-order valence-electron chi connectivity index (χ1n) is 11.9. The van der Waals surface area contributed by atoms with E-state index in [-0.39, 0.29) is 28.4 Å². The summed E-state index contributed by atoms with van der Waals surface area (Å²) in [5, 5.41) is 13.1. The van der Waals surface area contributed by atoms with Crippen LogP contribution in [-0.2, 0) is 7.05 Å². The van der Waals surface area contributed by atoms with Gasteiger partial charge in [-0.3, -0.25) is 14.2 Å². The van der Waals surface area contributed by atoms with Crippen LogP contribution in [0.5, 0.6) is 0 Å². The zero-order valence-electron chi connectivity index (χ0n) is 21.0. The van der Waals surface area contributed by atoms with Gasteiger partial charge in [0.25, 0.3) is 11.1 Å². The second-order valence-corrected chi connectivity index (χ2v) is 8.94. The molecule has 0 aliphatic carbocycles. The highest BCUT2D eigenvalue weighted by molar-refractivity contribution is 5.94. The second kappa shape index (κ2) is 9.63. The minimum atomic E-state index is -0.544. The Morgan fingerprint density at radius 3 is 2.53 bits per heavy atom. The zero-order valence-corrected chi connectivity index (χ0v) is 21.0. The minimum Gasteiger partial charge on any atom is -0.368 e. The van der Waals surface area contributed by atoms with Gasteiger partial charge in [0.05, 0.1) is 28.8 Å². The third-order valence-corrected chi connectivity index (χ3v) is 6.28. The Kier molecular flexibility index (Phi) is 6.18. The lowest BCUT2D eigenvalue weighted by Gasteiger charge is -2.21. The summed E-state index contributed by atoms with van der Waals surface area (Å²) in [4.78, 5) is 39.5. The normalized spacial score (nSPS) is 11.7. The number of hydrogen-bond acceptors (Lipinski definition) is 8. The molecule has 0 saturated heterocycles. The smallest absolute Gasteiger partial charge is 0.266 e. The van der Waals surface area contributed by atoms with Crippen LogP contribution in [0.15, 0.2) is 76.6 Å². The number of nitrogen functional groups attached to an aromatic ring is 1. The van der Waals surface area contributed by atoms with Gasteiger partial charge in [-0.1, -0.05) is 30.3 Å². The quantitative estimate of drug-likeness (QED) is 0.370. The van der Waals surface area contributed by atoms with Crippen LogP contribution >= 0.6 is 0 Å². The number of nitrogens with two attached hydrogens (primary N) is 1. The van der Waals surface area contributed by atoms with Gasteiger partial charge in [-0.2, -0.15) is 10.2 Å². The lowest BCUT2D eigenvalue weighted by molar-refractivity contribution is 0.730. The number of nitrogens with one attached hydrogen (secondary N) is 1. The van der Waals surface area contributed by atoms with Crippen molar-refractivity contribution in [2.45, 2.75) is 19.9 Å². The summed E-state index contributed by atoms with van der Waals surface area (Å²) >= 11 is 0. The summed E-state index contributed by atoms with van der Waals surface area (Å²) < 4.78 is 3.06. The molecule has 0 aliphatic rings. The highest BCUT2D eigenvalue weighted by atomic mass is 16.1. The Bertz CT molecular complexity index is 1830. The number of benzene rings is 2. The molecule has 2 aromatic carbocycles. The fourth-order valence-corrected chi connectivity index (χ4v) is 4.49. The number of pyridine rings is 1. The van der Waals surface area contributed by atoms with Crippen molar-refractivity contribution >= 4 is 22.7 Å². The predicted octanol–water partition coefficient (Wildman–Crippen LogP) is 3.48. The molecular weight excluding hydrogens is 480 g/mol. The number of rotatable bonds is 5. The van der Waals surface area contributed by atoms with E-state index in [1.165, 1.54) is 10.8 Å². The number of para-hydroxylation sites is 1. The number of nitrogens with zero attached hydrogens (tertiary/aromatic N) is 6. The largest absolute Gasteiger partial charge is 0.368 e. The van der Waals surface area contributed by atoms with E-state index in [0.717, 1.165) is 5.56 Å². The van der Waals surface area contributed by atoms with Gasteiger partial charge in [0.1, 0.15) is 23.3 Å². The minimum absolute atomic E-state index is 0.0165. The summed E-state index contributed by atoms with van der Waals surface area (Å²) in [6, 6.07) is 18.0. The van der Waals surface area contributed by atoms with Crippen LogP contribution in [0.3, 0.4) is 0 Å². The van der Waals surface area contributed by atoms with Crippen molar-refractivity contribution in [3.05, 3.63) is 105 Å². The molecule has 0 saturated carbocycles. The molecule has 1 atom stereocenters. The maximum absolute atomic E-state index is 14.2. The molecular formula is C28H24N8O2. The summed E-state index contributed by atoms with van der Waals surface area (Å²) in [7, 11) is 1.69. The van der Waals surface area contributed by atoms with Crippen molar-refractivity contribution in [2.24, 2.45) is 7.05 Å². The molecule has 38 heavy (non-hydrogen) atoms. The van der Waals surface area contributed by atoms with Gasteiger partial charge in [-0.15, -0.1) is 0 Å². The average Bonchev–Trinajstić information content (AvgIpc) is 2.91. The van der Waals surface area contributed by atoms with E-state index in [0.29, 0.717) is 33.5 Å². The lowest BCUT2D eigenvalue weighted by atomic mass is 10.0. The monoisotopic (exact) mass is 504 g/mol. The van der Waals surface area contributed by atoms with Crippen LogP contribution in [-0.4, -0.2) is 24.1 Å². The highest BCUT2D eigenvalue weighted by Gasteiger charge is 2.22. The number of aryl methyl sites for hydroxylation is 2. The van der Waals surface area contributed by atoms with Crippen LogP contribution in [0.2, 0.25) is 0 Å². The molecule has 0 spiro atoms. The van der Waals surface area contributed by atoms with Crippen molar-refractivity contribution in [3.63, 3.8) is 0 Å². The van der Waals surface area contributed by atoms with Crippen LogP contribution in [0.4, 0.5) is 11.8 Å². The SMILES string of the molecule is Cc1cc(-c2cccc3nc([C@H](C)Nc4nc(N)ncc4C#N)n(-c4ccccc4)c(=O)c23)cn(C)c1=O. The van der Waals surface area contributed by atoms with Gasteiger partial charge in [-0.25, -0.2) is 9.97 Å². The van der Waals surface area contributed by atoms with Crippen molar-refractivity contribution in [2.75, 3.05) is 11.1 Å². The van der Waals surface area contributed by atoms with E-state index >= 15 is 0 Å². The number of nitriles is 1. The topological polar surface area (TPSA) is 145 Å². The van der Waals surface area contributed by atoms with E-state index < -0.39 is 6.04 Å². The maximum atomic E-state index is 14.2. The van der Waals surface area contributed by atoms with E-state index in [4.69, 9.17) is 10.7 Å². The fourth-order valence-electron chi connectivity index (χ4n) is 4.49. The first kappa shape index (κ1) is 24.4. The molecule has 10 nitrogen and oxygen atoms in total. The summed E-state index contributed by atoms with van der Waals surface area (Å²) in [5.74, 6) is 0.683. The maximum Gasteiger partial charge on any atom is 0.266 e. The number of hydrogen-bond donors (Lipinski definition) is 2. The standard InChI is InChI=1S/C28H24N8O2/c1-16-12-18(15-35(3)26(16)37)21-10-7-11-22-23(21)27(38)36(20-8-5-4-6-9-20)25(33-22)17(2)32-24-19(13-29)14-31-28(30)34-24/h4-12,14-15,17H,1-3H3,(H3,30,31,32,34)/t17-/m0/s1. The van der Waals surface area contributed by atoms with Gasteiger partial charge in [-0.05, 0) is 49.2 Å². The van der Waals surface area contributed by atoms with Crippen LogP contribution in [0, 0.1) is 18.3 Å². The number of aromatic nitrogens is 5. The van der Waals surface area contributed by atoms with Gasteiger partial charge in [0.15, 0.2) is 0 Å². The summed E-state index contributed by atoms with van der Waals surface area (Å²) in [5.41, 5.74) is 8.71. The molecule has 3 aromatic heterocycles. The number of fused-ring (bicyclic) bond motifs is 1. The van der Waals surface area contributed by atoms with Gasteiger partial charge >= 0.3 is 0 Å². The molecule has 5 rings (SSSR count). The number of anilines is 2. The Morgan fingerprint density at radius 1 is 1.05 bits per heavy atom. The molecule has 0 unspecified atom stereocenters. The van der Waals surface area contributed by atoms with Crippen molar-refractivity contribution < 1.29 is 0 Å². The first-order valence-corrected chi connectivity index (χ1v) is 11.9. The van der Waals surface area contributed by atoms with Gasteiger partial charge < -0.3 is 15.6 Å². The molecule has 3 heterocycles. The molecule has 0 amide bonds. The molecule has 188 valence electrons. The van der Waals surface area contributed by atoms with Crippen LogP contribution in [0.25, 0.3) is 27.7 Å². The zero-order chi connectivity index (χ0) is 27.0.